The molecule has 0 aliphatic heterocycles. The molecule has 0 radical (unpaired) electrons. The number of aliphatic hydroxyl groups excluding tert-OH is 1. The molecule has 0 bridgehead atoms. The first kappa shape index (κ1) is 11.0. The highest BCUT2D eigenvalue weighted by molar-refractivity contribution is 6.30. The minimum atomic E-state index is -0.216. The summed E-state index contributed by atoms with van der Waals surface area (Å²) in [5.41, 5.74) is 1.32. The van der Waals surface area contributed by atoms with Crippen LogP contribution in [0.1, 0.15) is 37.7 Å². The van der Waals surface area contributed by atoms with Gasteiger partial charge in [0, 0.05) is 5.02 Å². The molecular formula is C13H17ClO. The Hall–Kier alpha value is -0.530. The Balaban J connectivity index is 2.13. The third kappa shape index (κ3) is 2.96. The molecule has 15 heavy (non-hydrogen) atoms. The highest BCUT2D eigenvalue weighted by Crippen LogP contribution is 2.45. The van der Waals surface area contributed by atoms with Gasteiger partial charge in [-0.15, -0.1) is 0 Å². The van der Waals surface area contributed by atoms with Crippen molar-refractivity contribution in [3.05, 3.63) is 34.9 Å². The summed E-state index contributed by atoms with van der Waals surface area (Å²) >= 11 is 5.87. The summed E-state index contributed by atoms with van der Waals surface area (Å²) in [6.07, 6.45) is 3.26. The van der Waals surface area contributed by atoms with Gasteiger partial charge in [0.05, 0.1) is 6.10 Å². The summed E-state index contributed by atoms with van der Waals surface area (Å²) in [7, 11) is 0. The number of rotatable bonds is 4. The van der Waals surface area contributed by atoms with E-state index in [0.717, 1.165) is 17.4 Å². The zero-order chi connectivity index (χ0) is 10.8. The molecule has 0 saturated heterocycles. The van der Waals surface area contributed by atoms with Crippen LogP contribution in [0.15, 0.2) is 24.3 Å². The van der Waals surface area contributed by atoms with Crippen molar-refractivity contribution < 1.29 is 5.11 Å². The second-order valence-electron chi connectivity index (χ2n) is 4.58. The van der Waals surface area contributed by atoms with Crippen LogP contribution in [-0.2, 0) is 0 Å². The second kappa shape index (κ2) is 4.54. The smallest absolute Gasteiger partial charge is 0.0518 e. The van der Waals surface area contributed by atoms with Gasteiger partial charge < -0.3 is 5.11 Å². The molecule has 1 aromatic carbocycles. The van der Waals surface area contributed by atoms with Gasteiger partial charge in [0.25, 0.3) is 0 Å². The molecule has 2 atom stereocenters. The van der Waals surface area contributed by atoms with Gasteiger partial charge in [0.2, 0.25) is 0 Å². The summed E-state index contributed by atoms with van der Waals surface area (Å²) in [5.74, 6) is 1.29. The van der Waals surface area contributed by atoms with E-state index < -0.39 is 0 Å². The van der Waals surface area contributed by atoms with Crippen molar-refractivity contribution in [2.45, 2.75) is 38.2 Å². The molecule has 1 aromatic rings. The first-order chi connectivity index (χ1) is 7.16. The molecular weight excluding hydrogens is 208 g/mol. The molecule has 1 aliphatic carbocycles. The summed E-state index contributed by atoms with van der Waals surface area (Å²) in [5, 5.41) is 10.3. The maximum Gasteiger partial charge on any atom is 0.0518 e. The van der Waals surface area contributed by atoms with Crippen LogP contribution in [-0.4, -0.2) is 11.2 Å². The van der Waals surface area contributed by atoms with Crippen molar-refractivity contribution in [1.82, 2.24) is 0 Å². The van der Waals surface area contributed by atoms with Crippen LogP contribution >= 0.6 is 11.6 Å². The third-order valence-corrected chi connectivity index (χ3v) is 3.34. The number of benzene rings is 1. The van der Waals surface area contributed by atoms with E-state index in [1.165, 1.54) is 18.4 Å². The van der Waals surface area contributed by atoms with E-state index in [2.05, 4.69) is 12.1 Å². The maximum absolute atomic E-state index is 9.49. The fourth-order valence-corrected chi connectivity index (χ4v) is 2.30. The minimum Gasteiger partial charge on any atom is -0.393 e. The monoisotopic (exact) mass is 224 g/mol. The second-order valence-corrected chi connectivity index (χ2v) is 5.02. The molecule has 1 saturated carbocycles. The van der Waals surface area contributed by atoms with Gasteiger partial charge in [-0.25, -0.2) is 0 Å². The van der Waals surface area contributed by atoms with Gasteiger partial charge in [-0.05, 0) is 55.7 Å². The summed E-state index contributed by atoms with van der Waals surface area (Å²) in [4.78, 5) is 0. The fraction of sp³-hybridized carbons (Fsp3) is 0.538. The molecule has 1 aliphatic rings. The van der Waals surface area contributed by atoms with Crippen molar-refractivity contribution in [3.8, 4) is 0 Å². The van der Waals surface area contributed by atoms with Gasteiger partial charge in [-0.3, -0.25) is 0 Å². The van der Waals surface area contributed by atoms with Crippen LogP contribution in [0.5, 0.6) is 0 Å². The zero-order valence-corrected chi connectivity index (χ0v) is 9.74. The van der Waals surface area contributed by atoms with E-state index in [9.17, 15) is 5.11 Å². The largest absolute Gasteiger partial charge is 0.393 e. The summed E-state index contributed by atoms with van der Waals surface area (Å²) < 4.78 is 0. The van der Waals surface area contributed by atoms with Gasteiger partial charge in [-0.2, -0.15) is 0 Å². The first-order valence-corrected chi connectivity index (χ1v) is 5.98. The van der Waals surface area contributed by atoms with Crippen LogP contribution in [0.2, 0.25) is 5.02 Å². The van der Waals surface area contributed by atoms with Crippen molar-refractivity contribution in [1.29, 1.82) is 0 Å². The van der Waals surface area contributed by atoms with E-state index in [0.29, 0.717) is 5.92 Å². The number of aliphatic hydroxyl groups is 1. The lowest BCUT2D eigenvalue weighted by Gasteiger charge is -2.18. The number of hydrogen-bond donors (Lipinski definition) is 1. The highest BCUT2D eigenvalue weighted by atomic mass is 35.5. The molecule has 1 N–H and O–H groups in total. The Morgan fingerprint density at radius 2 is 1.93 bits per heavy atom. The van der Waals surface area contributed by atoms with Crippen LogP contribution in [0, 0.1) is 5.92 Å². The van der Waals surface area contributed by atoms with Gasteiger partial charge in [0.15, 0.2) is 0 Å². The summed E-state index contributed by atoms with van der Waals surface area (Å²) in [6.45, 7) is 1.87. The fourth-order valence-electron chi connectivity index (χ4n) is 2.18. The SMILES string of the molecule is CC(O)CC(c1ccc(Cl)cc1)C1CC1. The third-order valence-electron chi connectivity index (χ3n) is 3.08. The maximum atomic E-state index is 9.49. The Labute approximate surface area is 96.1 Å². The van der Waals surface area contributed by atoms with Crippen molar-refractivity contribution in [3.63, 3.8) is 0 Å². The van der Waals surface area contributed by atoms with E-state index in [-0.39, 0.29) is 6.10 Å². The molecule has 0 heterocycles. The van der Waals surface area contributed by atoms with Crippen LogP contribution in [0.25, 0.3) is 0 Å². The van der Waals surface area contributed by atoms with Crippen LogP contribution in [0.3, 0.4) is 0 Å². The average Bonchev–Trinajstić information content (AvgIpc) is 2.99. The van der Waals surface area contributed by atoms with E-state index in [1.807, 2.05) is 19.1 Å². The van der Waals surface area contributed by atoms with E-state index >= 15 is 0 Å². The molecule has 2 unspecified atom stereocenters. The molecule has 0 amide bonds. The minimum absolute atomic E-state index is 0.216. The topological polar surface area (TPSA) is 20.2 Å². The predicted octanol–water partition coefficient (Wildman–Crippen LogP) is 3.60. The van der Waals surface area contributed by atoms with Crippen molar-refractivity contribution >= 4 is 11.6 Å². The normalized spacial score (nSPS) is 19.9. The molecule has 0 aromatic heterocycles. The molecule has 2 heteroatoms. The molecule has 82 valence electrons. The predicted molar refractivity (Wildman–Crippen MR) is 63.2 cm³/mol. The molecule has 0 spiro atoms. The molecule has 1 nitrogen and oxygen atoms in total. The lowest BCUT2D eigenvalue weighted by molar-refractivity contribution is 0.170. The van der Waals surface area contributed by atoms with E-state index in [4.69, 9.17) is 11.6 Å². The lowest BCUT2D eigenvalue weighted by Crippen LogP contribution is -2.10. The Bertz CT molecular complexity index is 314. The highest BCUT2D eigenvalue weighted by Gasteiger charge is 2.32. The summed E-state index contributed by atoms with van der Waals surface area (Å²) in [6, 6.07) is 8.06. The lowest BCUT2D eigenvalue weighted by atomic mass is 9.89. The number of halogens is 1. The van der Waals surface area contributed by atoms with Crippen LogP contribution in [0.4, 0.5) is 0 Å². The molecule has 2 rings (SSSR count). The van der Waals surface area contributed by atoms with Crippen molar-refractivity contribution in [2.24, 2.45) is 5.92 Å². The van der Waals surface area contributed by atoms with Gasteiger partial charge in [-0.1, -0.05) is 23.7 Å². The van der Waals surface area contributed by atoms with E-state index in [1.54, 1.807) is 0 Å². The van der Waals surface area contributed by atoms with Crippen molar-refractivity contribution in [2.75, 3.05) is 0 Å². The quantitative estimate of drug-likeness (QED) is 0.829. The zero-order valence-electron chi connectivity index (χ0n) is 8.99. The molecule has 1 fully saturated rings. The number of hydrogen-bond acceptors (Lipinski definition) is 1. The Morgan fingerprint density at radius 3 is 2.40 bits per heavy atom. The van der Waals surface area contributed by atoms with Crippen LogP contribution < -0.4 is 0 Å². The first-order valence-electron chi connectivity index (χ1n) is 5.60. The Morgan fingerprint density at radius 1 is 1.33 bits per heavy atom. The van der Waals surface area contributed by atoms with Gasteiger partial charge in [0.1, 0.15) is 0 Å². The Kier molecular flexibility index (Phi) is 3.32. The average molecular weight is 225 g/mol. The van der Waals surface area contributed by atoms with Gasteiger partial charge >= 0.3 is 0 Å². The standard InChI is InChI=1S/C13H17ClO/c1-9(15)8-13(10-2-3-10)11-4-6-12(14)7-5-11/h4-7,9-10,13,15H,2-3,8H2,1H3.